The Morgan fingerprint density at radius 1 is 1.00 bits per heavy atom. The molecule has 3 heterocycles. The fraction of sp³-hybridized carbons (Fsp3) is 0.520. The van der Waals surface area contributed by atoms with Crippen molar-refractivity contribution < 1.29 is 4.79 Å². The van der Waals surface area contributed by atoms with Crippen LogP contribution < -0.4 is 5.32 Å². The third kappa shape index (κ3) is 5.89. The average Bonchev–Trinajstić information content (AvgIpc) is 2.81. The van der Waals surface area contributed by atoms with Crippen molar-refractivity contribution in [2.45, 2.75) is 44.7 Å². The zero-order valence-electron chi connectivity index (χ0n) is 17.9. The fourth-order valence-electron chi connectivity index (χ4n) is 4.86. The van der Waals surface area contributed by atoms with Gasteiger partial charge in [-0.05, 0) is 68.9 Å². The molecule has 0 bridgehead atoms. The standard InChI is InChI=1S/C25H34N4O/c30-25(27-14-10-21-8-4-13-26-18-21)23-9-5-15-29(20-23)24-11-16-28(17-12-24)19-22-6-2-1-3-7-22/h1-4,6-8,13,18,23-24H,5,9-12,14-17,19-20H2,(H,27,30)/t23-/m1/s1. The summed E-state index contributed by atoms with van der Waals surface area (Å²) in [4.78, 5) is 22.0. The molecule has 0 spiro atoms. The van der Waals surface area contributed by atoms with Crippen LogP contribution in [0.5, 0.6) is 0 Å². The fourth-order valence-corrected chi connectivity index (χ4v) is 4.86. The van der Waals surface area contributed by atoms with Crippen molar-refractivity contribution in [3.63, 3.8) is 0 Å². The van der Waals surface area contributed by atoms with Crippen molar-refractivity contribution in [1.29, 1.82) is 0 Å². The molecule has 30 heavy (non-hydrogen) atoms. The molecule has 0 unspecified atom stereocenters. The minimum atomic E-state index is 0.134. The first kappa shape index (κ1) is 21.0. The molecule has 5 heteroatoms. The maximum absolute atomic E-state index is 12.7. The molecular weight excluding hydrogens is 372 g/mol. The van der Waals surface area contributed by atoms with Crippen molar-refractivity contribution in [1.82, 2.24) is 20.1 Å². The molecule has 1 aromatic carbocycles. The SMILES string of the molecule is O=C(NCCc1cccnc1)[C@@H]1CCCN(C2CCN(Cc3ccccc3)CC2)C1. The highest BCUT2D eigenvalue weighted by molar-refractivity contribution is 5.79. The normalized spacial score (nSPS) is 21.4. The molecule has 0 saturated carbocycles. The predicted molar refractivity (Wildman–Crippen MR) is 120 cm³/mol. The zero-order valence-corrected chi connectivity index (χ0v) is 17.9. The number of hydrogen-bond donors (Lipinski definition) is 1. The van der Waals surface area contributed by atoms with Gasteiger partial charge in [0.15, 0.2) is 0 Å². The van der Waals surface area contributed by atoms with Crippen LogP contribution in [-0.4, -0.2) is 59.5 Å². The van der Waals surface area contributed by atoms with Gasteiger partial charge in [-0.15, -0.1) is 0 Å². The summed E-state index contributed by atoms with van der Waals surface area (Å²) in [5.74, 6) is 0.361. The van der Waals surface area contributed by atoms with Crippen LogP contribution in [0, 0.1) is 5.92 Å². The summed E-state index contributed by atoms with van der Waals surface area (Å²) in [5, 5.41) is 3.16. The highest BCUT2D eigenvalue weighted by Crippen LogP contribution is 2.24. The van der Waals surface area contributed by atoms with E-state index in [1.54, 1.807) is 6.20 Å². The topological polar surface area (TPSA) is 48.5 Å². The Morgan fingerprint density at radius 2 is 1.80 bits per heavy atom. The van der Waals surface area contributed by atoms with Gasteiger partial charge in [-0.2, -0.15) is 0 Å². The first-order valence-corrected chi connectivity index (χ1v) is 11.4. The van der Waals surface area contributed by atoms with Crippen molar-refractivity contribution >= 4 is 5.91 Å². The van der Waals surface area contributed by atoms with E-state index in [4.69, 9.17) is 0 Å². The van der Waals surface area contributed by atoms with E-state index in [2.05, 4.69) is 56.5 Å². The minimum absolute atomic E-state index is 0.134. The molecule has 160 valence electrons. The Labute approximate surface area is 180 Å². The maximum atomic E-state index is 12.7. The van der Waals surface area contributed by atoms with Crippen molar-refractivity contribution in [2.75, 3.05) is 32.7 Å². The largest absolute Gasteiger partial charge is 0.355 e. The Morgan fingerprint density at radius 3 is 2.57 bits per heavy atom. The van der Waals surface area contributed by atoms with Gasteiger partial charge in [-0.25, -0.2) is 0 Å². The number of rotatable bonds is 7. The van der Waals surface area contributed by atoms with Gasteiger partial charge in [0.1, 0.15) is 0 Å². The van der Waals surface area contributed by atoms with Gasteiger partial charge >= 0.3 is 0 Å². The van der Waals surface area contributed by atoms with Crippen LogP contribution in [-0.2, 0) is 17.8 Å². The molecule has 2 fully saturated rings. The van der Waals surface area contributed by atoms with Crippen LogP contribution in [0.2, 0.25) is 0 Å². The number of hydrogen-bond acceptors (Lipinski definition) is 4. The second-order valence-corrected chi connectivity index (χ2v) is 8.73. The van der Waals surface area contributed by atoms with Gasteiger partial charge in [0.05, 0.1) is 5.92 Å². The molecular formula is C25H34N4O. The first-order chi connectivity index (χ1) is 14.8. The number of likely N-dealkylation sites (tertiary alicyclic amines) is 2. The van der Waals surface area contributed by atoms with E-state index in [0.717, 1.165) is 52.0 Å². The van der Waals surface area contributed by atoms with E-state index in [-0.39, 0.29) is 11.8 Å². The monoisotopic (exact) mass is 406 g/mol. The molecule has 2 aromatic rings. The minimum Gasteiger partial charge on any atom is -0.355 e. The quantitative estimate of drug-likeness (QED) is 0.768. The van der Waals surface area contributed by atoms with Crippen LogP contribution in [0.1, 0.15) is 36.8 Å². The Kier molecular flexibility index (Phi) is 7.49. The van der Waals surface area contributed by atoms with Gasteiger partial charge in [-0.1, -0.05) is 36.4 Å². The van der Waals surface area contributed by atoms with E-state index in [0.29, 0.717) is 12.6 Å². The van der Waals surface area contributed by atoms with E-state index in [1.165, 1.54) is 24.0 Å². The smallest absolute Gasteiger partial charge is 0.224 e. The molecule has 4 rings (SSSR count). The number of amides is 1. The summed E-state index contributed by atoms with van der Waals surface area (Å²) < 4.78 is 0. The summed E-state index contributed by atoms with van der Waals surface area (Å²) in [7, 11) is 0. The average molecular weight is 407 g/mol. The highest BCUT2D eigenvalue weighted by Gasteiger charge is 2.31. The highest BCUT2D eigenvalue weighted by atomic mass is 16.1. The molecule has 2 saturated heterocycles. The third-order valence-corrected chi connectivity index (χ3v) is 6.58. The van der Waals surface area contributed by atoms with E-state index < -0.39 is 0 Å². The number of nitrogens with one attached hydrogen (secondary N) is 1. The van der Waals surface area contributed by atoms with Crippen LogP contribution in [0.3, 0.4) is 0 Å². The van der Waals surface area contributed by atoms with Gasteiger partial charge in [0.25, 0.3) is 0 Å². The van der Waals surface area contributed by atoms with Crippen molar-refractivity contribution in [3.05, 3.63) is 66.0 Å². The molecule has 1 aromatic heterocycles. The molecule has 1 amide bonds. The predicted octanol–water partition coefficient (Wildman–Crippen LogP) is 3.12. The van der Waals surface area contributed by atoms with Gasteiger partial charge in [0.2, 0.25) is 5.91 Å². The third-order valence-electron chi connectivity index (χ3n) is 6.58. The Bertz CT molecular complexity index is 774. The lowest BCUT2D eigenvalue weighted by Crippen LogP contribution is -2.50. The molecule has 1 N–H and O–H groups in total. The lowest BCUT2D eigenvalue weighted by Gasteiger charge is -2.42. The van der Waals surface area contributed by atoms with Crippen LogP contribution in [0.4, 0.5) is 0 Å². The van der Waals surface area contributed by atoms with E-state index in [1.807, 2.05) is 12.3 Å². The van der Waals surface area contributed by atoms with Crippen molar-refractivity contribution in [2.24, 2.45) is 5.92 Å². The lowest BCUT2D eigenvalue weighted by atomic mass is 9.93. The molecule has 0 radical (unpaired) electrons. The number of nitrogens with zero attached hydrogens (tertiary/aromatic N) is 3. The second-order valence-electron chi connectivity index (χ2n) is 8.73. The number of carbonyl (C=O) groups excluding carboxylic acids is 1. The summed E-state index contributed by atoms with van der Waals surface area (Å²) in [6.45, 7) is 6.11. The zero-order chi connectivity index (χ0) is 20.6. The van der Waals surface area contributed by atoms with Crippen LogP contribution >= 0.6 is 0 Å². The van der Waals surface area contributed by atoms with Gasteiger partial charge in [-0.3, -0.25) is 19.6 Å². The first-order valence-electron chi connectivity index (χ1n) is 11.4. The molecule has 1 atom stereocenters. The van der Waals surface area contributed by atoms with E-state index >= 15 is 0 Å². The number of aromatic nitrogens is 1. The van der Waals surface area contributed by atoms with Gasteiger partial charge in [0, 0.05) is 38.1 Å². The Balaban J connectivity index is 1.20. The second kappa shape index (κ2) is 10.7. The molecule has 5 nitrogen and oxygen atoms in total. The number of pyridine rings is 1. The Hall–Kier alpha value is -2.24. The van der Waals surface area contributed by atoms with Gasteiger partial charge < -0.3 is 5.32 Å². The number of benzene rings is 1. The number of carbonyl (C=O) groups is 1. The summed E-state index contributed by atoms with van der Waals surface area (Å²) in [5.41, 5.74) is 2.57. The van der Waals surface area contributed by atoms with Crippen molar-refractivity contribution in [3.8, 4) is 0 Å². The van der Waals surface area contributed by atoms with Crippen LogP contribution in [0.15, 0.2) is 54.9 Å². The molecule has 2 aliphatic heterocycles. The lowest BCUT2D eigenvalue weighted by molar-refractivity contribution is -0.127. The summed E-state index contributed by atoms with van der Waals surface area (Å²) in [6, 6.07) is 15.4. The summed E-state index contributed by atoms with van der Waals surface area (Å²) in [6.07, 6.45) is 9.07. The molecule has 2 aliphatic rings. The maximum Gasteiger partial charge on any atom is 0.224 e. The molecule has 0 aliphatic carbocycles. The number of piperidine rings is 2. The summed E-state index contributed by atoms with van der Waals surface area (Å²) >= 11 is 0. The van der Waals surface area contributed by atoms with Crippen LogP contribution in [0.25, 0.3) is 0 Å². The van der Waals surface area contributed by atoms with E-state index in [9.17, 15) is 4.79 Å².